The standard InChI is InChI=1S/C13H18N4O2/c1-9(2)7-10(12-14-8-15-17(12)3)16-13(18)11-5-4-6-19-11/h4-6,8-10H,7H2,1-3H3,(H,16,18)/t10-/m0/s1. The Morgan fingerprint density at radius 3 is 2.84 bits per heavy atom. The molecule has 0 bridgehead atoms. The van der Waals surface area contributed by atoms with Crippen LogP contribution in [0, 0.1) is 5.92 Å². The van der Waals surface area contributed by atoms with Crippen molar-refractivity contribution in [1.82, 2.24) is 20.1 Å². The quantitative estimate of drug-likeness (QED) is 0.893. The maximum absolute atomic E-state index is 12.0. The van der Waals surface area contributed by atoms with E-state index in [0.717, 1.165) is 12.2 Å². The van der Waals surface area contributed by atoms with Crippen LogP contribution in [-0.2, 0) is 7.05 Å². The lowest BCUT2D eigenvalue weighted by atomic mass is 10.0. The molecule has 6 heteroatoms. The number of nitrogens with zero attached hydrogens (tertiary/aromatic N) is 3. The molecule has 0 unspecified atom stereocenters. The predicted molar refractivity (Wildman–Crippen MR) is 69.4 cm³/mol. The molecule has 0 spiro atoms. The number of rotatable bonds is 5. The molecule has 2 aromatic heterocycles. The van der Waals surface area contributed by atoms with E-state index in [9.17, 15) is 4.79 Å². The van der Waals surface area contributed by atoms with Gasteiger partial charge in [-0.3, -0.25) is 9.48 Å². The lowest BCUT2D eigenvalue weighted by Gasteiger charge is -2.19. The summed E-state index contributed by atoms with van der Waals surface area (Å²) in [5, 5.41) is 6.98. The Morgan fingerprint density at radius 1 is 1.53 bits per heavy atom. The minimum Gasteiger partial charge on any atom is -0.459 e. The zero-order valence-corrected chi connectivity index (χ0v) is 11.3. The second-order valence-electron chi connectivity index (χ2n) is 4.87. The van der Waals surface area contributed by atoms with Crippen LogP contribution in [0.2, 0.25) is 0 Å². The molecule has 2 heterocycles. The van der Waals surface area contributed by atoms with Crippen LogP contribution in [0.25, 0.3) is 0 Å². The van der Waals surface area contributed by atoms with Crippen LogP contribution < -0.4 is 5.32 Å². The molecule has 0 aliphatic rings. The summed E-state index contributed by atoms with van der Waals surface area (Å²) >= 11 is 0. The summed E-state index contributed by atoms with van der Waals surface area (Å²) < 4.78 is 6.77. The highest BCUT2D eigenvalue weighted by Gasteiger charge is 2.22. The van der Waals surface area contributed by atoms with E-state index in [0.29, 0.717) is 11.7 Å². The molecule has 0 radical (unpaired) electrons. The van der Waals surface area contributed by atoms with E-state index in [1.165, 1.54) is 12.6 Å². The number of furan rings is 1. The smallest absolute Gasteiger partial charge is 0.287 e. The van der Waals surface area contributed by atoms with Crippen LogP contribution in [0.5, 0.6) is 0 Å². The molecule has 0 saturated carbocycles. The number of carbonyl (C=O) groups excluding carboxylic acids is 1. The summed E-state index contributed by atoms with van der Waals surface area (Å²) in [6, 6.07) is 3.15. The number of nitrogens with one attached hydrogen (secondary N) is 1. The van der Waals surface area contributed by atoms with Crippen molar-refractivity contribution in [2.45, 2.75) is 26.3 Å². The first-order valence-corrected chi connectivity index (χ1v) is 6.26. The number of carbonyl (C=O) groups is 1. The summed E-state index contributed by atoms with van der Waals surface area (Å²) in [5.74, 6) is 1.24. The van der Waals surface area contributed by atoms with E-state index in [-0.39, 0.29) is 11.9 Å². The van der Waals surface area contributed by atoms with Crippen LogP contribution in [0.4, 0.5) is 0 Å². The highest BCUT2D eigenvalue weighted by atomic mass is 16.3. The topological polar surface area (TPSA) is 73.0 Å². The van der Waals surface area contributed by atoms with Gasteiger partial charge in [0.1, 0.15) is 12.2 Å². The molecule has 0 aromatic carbocycles. The molecule has 1 amide bonds. The van der Waals surface area contributed by atoms with Gasteiger partial charge >= 0.3 is 0 Å². The molecule has 0 fully saturated rings. The van der Waals surface area contributed by atoms with Crippen molar-refractivity contribution < 1.29 is 9.21 Å². The molecule has 2 rings (SSSR count). The maximum Gasteiger partial charge on any atom is 0.287 e. The Kier molecular flexibility index (Phi) is 3.99. The van der Waals surface area contributed by atoms with Gasteiger partial charge in [-0.15, -0.1) is 0 Å². The second kappa shape index (κ2) is 5.69. The molecule has 2 aromatic rings. The van der Waals surface area contributed by atoms with E-state index in [2.05, 4.69) is 29.2 Å². The largest absolute Gasteiger partial charge is 0.459 e. The lowest BCUT2D eigenvalue weighted by molar-refractivity contribution is 0.0901. The first-order valence-electron chi connectivity index (χ1n) is 6.26. The molecule has 6 nitrogen and oxygen atoms in total. The van der Waals surface area contributed by atoms with Crippen molar-refractivity contribution in [3.63, 3.8) is 0 Å². The highest BCUT2D eigenvalue weighted by Crippen LogP contribution is 2.19. The van der Waals surface area contributed by atoms with Crippen molar-refractivity contribution in [2.75, 3.05) is 0 Å². The van der Waals surface area contributed by atoms with Crippen molar-refractivity contribution in [3.05, 3.63) is 36.3 Å². The van der Waals surface area contributed by atoms with Crippen LogP contribution in [-0.4, -0.2) is 20.7 Å². The third-order valence-corrected chi connectivity index (χ3v) is 2.82. The Labute approximate surface area is 111 Å². The average Bonchev–Trinajstić information content (AvgIpc) is 2.97. The minimum absolute atomic E-state index is 0.176. The lowest BCUT2D eigenvalue weighted by Crippen LogP contribution is -2.31. The van der Waals surface area contributed by atoms with Gasteiger partial charge in [-0.1, -0.05) is 13.8 Å². The molecular weight excluding hydrogens is 244 g/mol. The Hall–Kier alpha value is -2.11. The van der Waals surface area contributed by atoms with Crippen molar-refractivity contribution in [3.8, 4) is 0 Å². The molecule has 0 aliphatic carbocycles. The number of amides is 1. The van der Waals surface area contributed by atoms with Gasteiger partial charge in [0, 0.05) is 7.05 Å². The number of hydrogen-bond donors (Lipinski definition) is 1. The normalized spacial score (nSPS) is 12.6. The van der Waals surface area contributed by atoms with Crippen molar-refractivity contribution in [2.24, 2.45) is 13.0 Å². The summed E-state index contributed by atoms with van der Waals surface area (Å²) in [6.07, 6.45) is 3.76. The molecule has 0 saturated heterocycles. The number of hydrogen-bond acceptors (Lipinski definition) is 4. The van der Waals surface area contributed by atoms with Gasteiger partial charge in [0.25, 0.3) is 5.91 Å². The number of aromatic nitrogens is 3. The molecule has 102 valence electrons. The van der Waals surface area contributed by atoms with Crippen LogP contribution in [0.3, 0.4) is 0 Å². The third-order valence-electron chi connectivity index (χ3n) is 2.82. The van der Waals surface area contributed by atoms with E-state index in [4.69, 9.17) is 4.42 Å². The van der Waals surface area contributed by atoms with E-state index >= 15 is 0 Å². The summed E-state index contributed by atoms with van der Waals surface area (Å²) in [4.78, 5) is 16.3. The zero-order chi connectivity index (χ0) is 13.8. The van der Waals surface area contributed by atoms with Crippen molar-refractivity contribution >= 4 is 5.91 Å². The fraction of sp³-hybridized carbons (Fsp3) is 0.462. The van der Waals surface area contributed by atoms with Gasteiger partial charge in [0.15, 0.2) is 5.76 Å². The summed E-state index contributed by atoms with van der Waals surface area (Å²) in [6.45, 7) is 4.20. The van der Waals surface area contributed by atoms with Crippen LogP contribution >= 0.6 is 0 Å². The van der Waals surface area contributed by atoms with Gasteiger partial charge in [-0.2, -0.15) is 5.10 Å². The highest BCUT2D eigenvalue weighted by molar-refractivity contribution is 5.91. The molecule has 1 N–H and O–H groups in total. The zero-order valence-electron chi connectivity index (χ0n) is 11.3. The van der Waals surface area contributed by atoms with Gasteiger partial charge in [0.2, 0.25) is 0 Å². The number of aryl methyl sites for hydroxylation is 1. The molecule has 1 atom stereocenters. The third kappa shape index (κ3) is 3.21. The summed E-state index contributed by atoms with van der Waals surface area (Å²) in [7, 11) is 1.81. The Balaban J connectivity index is 2.15. The van der Waals surface area contributed by atoms with Gasteiger partial charge in [-0.25, -0.2) is 4.98 Å². The van der Waals surface area contributed by atoms with Crippen LogP contribution in [0.15, 0.2) is 29.1 Å². The van der Waals surface area contributed by atoms with E-state index in [1.54, 1.807) is 16.8 Å². The Bertz CT molecular complexity index is 531. The first kappa shape index (κ1) is 13.3. The second-order valence-corrected chi connectivity index (χ2v) is 4.87. The summed E-state index contributed by atoms with van der Waals surface area (Å²) in [5.41, 5.74) is 0. The maximum atomic E-state index is 12.0. The fourth-order valence-corrected chi connectivity index (χ4v) is 1.96. The van der Waals surface area contributed by atoms with E-state index < -0.39 is 0 Å². The Morgan fingerprint density at radius 2 is 2.32 bits per heavy atom. The van der Waals surface area contributed by atoms with Crippen molar-refractivity contribution in [1.29, 1.82) is 0 Å². The predicted octanol–water partition coefficient (Wildman–Crippen LogP) is 1.93. The van der Waals surface area contributed by atoms with Crippen LogP contribution in [0.1, 0.15) is 42.7 Å². The fourth-order valence-electron chi connectivity index (χ4n) is 1.96. The van der Waals surface area contributed by atoms with E-state index in [1.807, 2.05) is 7.05 Å². The van der Waals surface area contributed by atoms with Gasteiger partial charge in [-0.05, 0) is 24.5 Å². The molecule has 0 aliphatic heterocycles. The minimum atomic E-state index is -0.237. The molecular formula is C13H18N4O2. The van der Waals surface area contributed by atoms with Gasteiger partial charge in [0.05, 0.1) is 12.3 Å². The first-order chi connectivity index (χ1) is 9.08. The van der Waals surface area contributed by atoms with Gasteiger partial charge < -0.3 is 9.73 Å². The SMILES string of the molecule is CC(C)C[C@H](NC(=O)c1ccco1)c1ncnn1C. The molecule has 19 heavy (non-hydrogen) atoms. The average molecular weight is 262 g/mol. The monoisotopic (exact) mass is 262 g/mol.